The van der Waals surface area contributed by atoms with Crippen molar-refractivity contribution in [3.63, 3.8) is 0 Å². The van der Waals surface area contributed by atoms with Crippen LogP contribution >= 0.6 is 12.6 Å². The number of ether oxygens (including phenoxy) is 4. The summed E-state index contributed by atoms with van der Waals surface area (Å²) in [6.07, 6.45) is 1.33. The Labute approximate surface area is 319 Å². The van der Waals surface area contributed by atoms with E-state index in [0.29, 0.717) is 57.8 Å². The number of para-hydroxylation sites is 2. The number of fused-ring (bicyclic) bond motifs is 5. The molecule has 2 amide bonds. The van der Waals surface area contributed by atoms with Gasteiger partial charge in [0.25, 0.3) is 11.8 Å². The number of methoxy groups -OCH3 is 2. The number of amides is 2. The Balaban J connectivity index is 1.00. The normalized spacial score (nSPS) is 14.9. The fraction of sp³-hybridized carbons (Fsp3) is 0.209. The number of thiol groups is 1. The summed E-state index contributed by atoms with van der Waals surface area (Å²) in [6, 6.07) is 28.9. The second-order valence-electron chi connectivity index (χ2n) is 13.2. The number of anilines is 3. The summed E-state index contributed by atoms with van der Waals surface area (Å²) in [6.45, 7) is 4.65. The lowest BCUT2D eigenvalue weighted by atomic mass is 10.1. The van der Waals surface area contributed by atoms with Gasteiger partial charge in [-0.1, -0.05) is 48.5 Å². The third-order valence-electron chi connectivity index (χ3n) is 9.98. The molecule has 1 N–H and O–H groups in total. The van der Waals surface area contributed by atoms with Gasteiger partial charge in [-0.2, -0.15) is 12.6 Å². The molecule has 0 fully saturated rings. The number of hydrogen-bond acceptors (Lipinski definition) is 9. The Bertz CT molecular complexity index is 2360. The van der Waals surface area contributed by atoms with E-state index in [1.807, 2.05) is 71.6 Å². The first-order valence-electron chi connectivity index (χ1n) is 17.6. The van der Waals surface area contributed by atoms with Crippen LogP contribution in [0.25, 0.3) is 0 Å². The van der Waals surface area contributed by atoms with Gasteiger partial charge >= 0.3 is 0 Å². The van der Waals surface area contributed by atoms with E-state index in [1.54, 1.807) is 30.2 Å². The molecule has 5 aromatic carbocycles. The van der Waals surface area contributed by atoms with E-state index < -0.39 is 0 Å². The van der Waals surface area contributed by atoms with Gasteiger partial charge in [0.05, 0.1) is 36.7 Å². The van der Waals surface area contributed by atoms with Crippen LogP contribution in [0.4, 0.5) is 22.7 Å². The summed E-state index contributed by atoms with van der Waals surface area (Å²) >= 11 is 4.55. The van der Waals surface area contributed by atoms with E-state index in [1.165, 1.54) is 7.11 Å². The number of carbonyl (C=O) groups excluding carboxylic acids is 2. The van der Waals surface area contributed by atoms with Crippen LogP contribution in [0, 0.1) is 0 Å². The lowest BCUT2D eigenvalue weighted by Crippen LogP contribution is -2.46. The van der Waals surface area contributed by atoms with Crippen LogP contribution in [0.2, 0.25) is 0 Å². The number of hydrogen-bond donors (Lipinski definition) is 2. The van der Waals surface area contributed by atoms with Crippen molar-refractivity contribution in [1.82, 2.24) is 0 Å². The van der Waals surface area contributed by atoms with Gasteiger partial charge in [-0.15, -0.1) is 0 Å². The molecule has 0 radical (unpaired) electrons. The van der Waals surface area contributed by atoms with Crippen LogP contribution in [0.15, 0.2) is 103 Å². The number of aliphatic imine (C=N–C) groups is 1. The van der Waals surface area contributed by atoms with E-state index in [2.05, 4.69) is 41.5 Å². The van der Waals surface area contributed by atoms with Crippen LogP contribution in [0.1, 0.15) is 48.5 Å². The topological polar surface area (TPSA) is 102 Å². The third kappa shape index (κ3) is 6.42. The second kappa shape index (κ2) is 14.7. The zero-order chi connectivity index (χ0) is 37.3. The quantitative estimate of drug-likeness (QED) is 0.105. The lowest BCUT2D eigenvalue weighted by Gasteiger charge is -2.33. The van der Waals surface area contributed by atoms with Gasteiger partial charge in [0.15, 0.2) is 23.0 Å². The Kier molecular flexibility index (Phi) is 9.50. The summed E-state index contributed by atoms with van der Waals surface area (Å²) in [4.78, 5) is 35.4. The molecule has 8 rings (SSSR count). The van der Waals surface area contributed by atoms with Crippen LogP contribution in [0.3, 0.4) is 0 Å². The summed E-state index contributed by atoms with van der Waals surface area (Å²) in [5.41, 5.74) is 8.82. The summed E-state index contributed by atoms with van der Waals surface area (Å²) in [5, 5.41) is 3.53. The predicted molar refractivity (Wildman–Crippen MR) is 213 cm³/mol. The Hall–Kier alpha value is -6.16. The largest absolute Gasteiger partial charge is 0.493 e. The molecule has 0 spiro atoms. The number of rotatable bonds is 11. The molecule has 272 valence electrons. The molecular weight excluding hydrogens is 701 g/mol. The molecule has 5 aromatic rings. The summed E-state index contributed by atoms with van der Waals surface area (Å²) < 4.78 is 24.1. The van der Waals surface area contributed by atoms with Gasteiger partial charge in [0, 0.05) is 42.2 Å². The zero-order valence-electron chi connectivity index (χ0n) is 29.9. The average molecular weight is 739 g/mol. The zero-order valence-corrected chi connectivity index (χ0v) is 30.8. The molecule has 0 saturated heterocycles. The third-order valence-corrected chi connectivity index (χ3v) is 10.3. The van der Waals surface area contributed by atoms with E-state index in [4.69, 9.17) is 18.9 Å². The van der Waals surface area contributed by atoms with Gasteiger partial charge < -0.3 is 29.2 Å². The van der Waals surface area contributed by atoms with Crippen LogP contribution < -0.4 is 34.1 Å². The van der Waals surface area contributed by atoms with Gasteiger partial charge in [-0.3, -0.25) is 14.5 Å². The van der Waals surface area contributed by atoms with Crippen molar-refractivity contribution >= 4 is 53.1 Å². The highest BCUT2D eigenvalue weighted by molar-refractivity contribution is 7.79. The van der Waals surface area contributed by atoms with Gasteiger partial charge in [0.1, 0.15) is 19.4 Å². The average Bonchev–Trinajstić information content (AvgIpc) is 3.80. The molecule has 10 nitrogen and oxygen atoms in total. The van der Waals surface area contributed by atoms with Crippen molar-refractivity contribution in [1.29, 1.82) is 0 Å². The molecule has 3 aliphatic rings. The number of nitrogens with one attached hydrogen (secondary N) is 1. The maximum Gasteiger partial charge on any atom is 0.262 e. The number of nitrogens with zero attached hydrogens (tertiary/aromatic N) is 3. The molecule has 3 aliphatic heterocycles. The Morgan fingerprint density at radius 2 is 1.50 bits per heavy atom. The fourth-order valence-electron chi connectivity index (χ4n) is 7.47. The van der Waals surface area contributed by atoms with Gasteiger partial charge in [0.2, 0.25) is 0 Å². The van der Waals surface area contributed by atoms with E-state index in [0.717, 1.165) is 52.0 Å². The van der Waals surface area contributed by atoms with E-state index in [-0.39, 0.29) is 31.2 Å². The molecule has 0 saturated carbocycles. The summed E-state index contributed by atoms with van der Waals surface area (Å²) in [7, 11) is 3.10. The number of benzene rings is 5. The molecule has 3 heterocycles. The predicted octanol–water partition coefficient (Wildman–Crippen LogP) is 7.94. The van der Waals surface area contributed by atoms with Crippen molar-refractivity contribution < 1.29 is 28.5 Å². The van der Waals surface area contributed by atoms with Crippen LogP contribution in [0.5, 0.6) is 23.0 Å². The Morgan fingerprint density at radius 3 is 2.20 bits per heavy atom. The minimum absolute atomic E-state index is 0.0756. The Morgan fingerprint density at radius 1 is 0.852 bits per heavy atom. The van der Waals surface area contributed by atoms with E-state index in [9.17, 15) is 9.59 Å². The summed E-state index contributed by atoms with van der Waals surface area (Å²) in [5.74, 6) is 4.62. The van der Waals surface area contributed by atoms with E-state index >= 15 is 0 Å². The molecule has 0 aliphatic carbocycles. The monoisotopic (exact) mass is 738 g/mol. The van der Waals surface area contributed by atoms with Crippen LogP contribution in [-0.4, -0.2) is 44.6 Å². The van der Waals surface area contributed by atoms with Gasteiger partial charge in [-0.05, 0) is 77.0 Å². The second-order valence-corrected chi connectivity index (χ2v) is 13.6. The maximum absolute atomic E-state index is 13.8. The minimum Gasteiger partial charge on any atom is -0.493 e. The highest BCUT2D eigenvalue weighted by atomic mass is 32.1. The minimum atomic E-state index is -0.186. The standard InChI is InChI=1S/C43H38N4O6S/c1-4-44-33-21-39(37(50-2)19-31(33)42(48)46-14-13-29-9-5-7-11-35(29)46)52-23-26-15-27(17-28(16-26)25-54)24-53-40-22-34-32(20-38(40)51-3)43(49)47-36-12-8-6-10-30(36)18-41(47)45-34/h5-12,15-17,19-22,41,45,54H,1,13-14,18,23-25H2,2-3H3/t41-/m0/s1. The molecule has 0 aromatic heterocycles. The molecular formula is C43H38N4O6S. The smallest absolute Gasteiger partial charge is 0.262 e. The van der Waals surface area contributed by atoms with Crippen molar-refractivity contribution in [3.8, 4) is 23.0 Å². The van der Waals surface area contributed by atoms with Gasteiger partial charge in [-0.25, -0.2) is 4.99 Å². The highest BCUT2D eigenvalue weighted by Gasteiger charge is 2.39. The first-order valence-corrected chi connectivity index (χ1v) is 18.2. The van der Waals surface area contributed by atoms with Crippen molar-refractivity contribution in [2.45, 2.75) is 38.0 Å². The molecule has 11 heteroatoms. The van der Waals surface area contributed by atoms with Crippen molar-refractivity contribution in [2.75, 3.05) is 35.9 Å². The number of carbonyl (C=O) groups is 2. The van der Waals surface area contributed by atoms with Crippen LogP contribution in [-0.2, 0) is 31.8 Å². The molecule has 54 heavy (non-hydrogen) atoms. The first-order chi connectivity index (χ1) is 26.4. The van der Waals surface area contributed by atoms with Crippen molar-refractivity contribution in [3.05, 3.63) is 137 Å². The molecule has 0 bridgehead atoms. The van der Waals surface area contributed by atoms with Crippen molar-refractivity contribution in [2.24, 2.45) is 4.99 Å². The first kappa shape index (κ1) is 34.9. The SMILES string of the molecule is C=C=Nc1cc(OCc2cc(CS)cc(COc3cc4c(cc3OC)C(=O)N3c5ccccc5C[C@H]3N4)c2)c(OC)cc1C(=O)N1CCc2ccccc21. The fourth-order valence-corrected chi connectivity index (χ4v) is 7.66. The maximum atomic E-state index is 13.8. The molecule has 0 unspecified atom stereocenters. The lowest BCUT2D eigenvalue weighted by molar-refractivity contribution is 0.0974. The highest BCUT2D eigenvalue weighted by Crippen LogP contribution is 2.43. The molecule has 1 atom stereocenters.